The van der Waals surface area contributed by atoms with Crippen LogP contribution in [0.25, 0.3) is 22.4 Å². The number of hydrogen-bond donors (Lipinski definition) is 2. The molecule has 0 bridgehead atoms. The van der Waals surface area contributed by atoms with E-state index in [0.717, 1.165) is 41.1 Å². The molecule has 1 aromatic carbocycles. The molecule has 0 aliphatic carbocycles. The minimum Gasteiger partial charge on any atom is -0.308 e. The molecule has 0 saturated heterocycles. The van der Waals surface area contributed by atoms with E-state index < -0.39 is 0 Å². The average Bonchev–Trinajstić information content (AvgIpc) is 3.20. The van der Waals surface area contributed by atoms with Gasteiger partial charge in [-0.3, -0.25) is 14.6 Å². The lowest BCUT2D eigenvalue weighted by molar-refractivity contribution is 0.262. The minimum atomic E-state index is -0.320. The summed E-state index contributed by atoms with van der Waals surface area (Å²) in [6.07, 6.45) is 7.97. The molecule has 0 saturated carbocycles. The van der Waals surface area contributed by atoms with Crippen LogP contribution in [-0.4, -0.2) is 31.5 Å². The molecule has 5 rings (SSSR count). The first kappa shape index (κ1) is 19.3. The molecule has 0 fully saturated rings. The van der Waals surface area contributed by atoms with E-state index >= 15 is 0 Å². The van der Waals surface area contributed by atoms with E-state index in [2.05, 4.69) is 25.3 Å². The van der Waals surface area contributed by atoms with Crippen LogP contribution in [0.2, 0.25) is 0 Å². The molecular weight excluding hydrogens is 408 g/mol. The summed E-state index contributed by atoms with van der Waals surface area (Å²) in [5.74, 6) is 1.08. The lowest BCUT2D eigenvalue weighted by Crippen LogP contribution is -2.19. The number of nitrogens with one attached hydrogen (secondary N) is 2. The standard InChI is InChI=1S/C23H20N6OS/c30-23(27-19-6-2-9-25-15-19)26-18-5-1-4-17(14-18)21-20(16-7-10-24-11-8-16)22-29(28-21)12-3-13-31-22/h1-2,4-11,14-15H,3,12-13H2,(H2,26,27,30). The Balaban J connectivity index is 1.47. The van der Waals surface area contributed by atoms with E-state index in [1.54, 1.807) is 36.9 Å². The molecule has 2 amide bonds. The number of amides is 2. The summed E-state index contributed by atoms with van der Waals surface area (Å²) in [6, 6.07) is 15.0. The summed E-state index contributed by atoms with van der Waals surface area (Å²) in [4.78, 5) is 20.6. The average molecular weight is 429 g/mol. The van der Waals surface area contributed by atoms with Crippen molar-refractivity contribution >= 4 is 29.2 Å². The van der Waals surface area contributed by atoms with Gasteiger partial charge >= 0.3 is 6.03 Å². The fourth-order valence-electron chi connectivity index (χ4n) is 3.58. The summed E-state index contributed by atoms with van der Waals surface area (Å²) < 4.78 is 2.09. The molecule has 4 aromatic rings. The van der Waals surface area contributed by atoms with Crippen molar-refractivity contribution in [2.24, 2.45) is 0 Å². The van der Waals surface area contributed by atoms with Gasteiger partial charge in [-0.25, -0.2) is 4.79 Å². The summed E-state index contributed by atoms with van der Waals surface area (Å²) in [5, 5.41) is 11.8. The number of urea groups is 1. The maximum Gasteiger partial charge on any atom is 0.323 e. The van der Waals surface area contributed by atoms with E-state index in [4.69, 9.17) is 5.10 Å². The molecule has 0 spiro atoms. The number of aromatic nitrogens is 4. The summed E-state index contributed by atoms with van der Waals surface area (Å²) in [7, 11) is 0. The van der Waals surface area contributed by atoms with Crippen LogP contribution in [-0.2, 0) is 6.54 Å². The summed E-state index contributed by atoms with van der Waals surface area (Å²) in [5.41, 5.74) is 5.39. The van der Waals surface area contributed by atoms with Gasteiger partial charge in [0.1, 0.15) is 10.7 Å². The largest absolute Gasteiger partial charge is 0.323 e. The third kappa shape index (κ3) is 4.15. The van der Waals surface area contributed by atoms with Gasteiger partial charge in [0.15, 0.2) is 0 Å². The molecule has 2 N–H and O–H groups in total. The van der Waals surface area contributed by atoms with Crippen LogP contribution >= 0.6 is 11.8 Å². The second kappa shape index (κ2) is 8.61. The first-order valence-electron chi connectivity index (χ1n) is 10.0. The van der Waals surface area contributed by atoms with Gasteiger partial charge < -0.3 is 10.6 Å². The zero-order valence-electron chi connectivity index (χ0n) is 16.7. The lowest BCUT2D eigenvalue weighted by atomic mass is 10.0. The number of carbonyl (C=O) groups excluding carboxylic acids is 1. The van der Waals surface area contributed by atoms with Gasteiger partial charge in [-0.2, -0.15) is 5.10 Å². The van der Waals surface area contributed by atoms with Gasteiger partial charge in [-0.05, 0) is 48.4 Å². The van der Waals surface area contributed by atoms with Gasteiger partial charge in [0.25, 0.3) is 0 Å². The predicted octanol–water partition coefficient (Wildman–Crippen LogP) is 5.15. The molecule has 7 nitrogen and oxygen atoms in total. The lowest BCUT2D eigenvalue weighted by Gasteiger charge is -2.14. The molecule has 4 heterocycles. The Morgan fingerprint density at radius 2 is 1.77 bits per heavy atom. The number of aryl methyl sites for hydroxylation is 1. The Morgan fingerprint density at radius 3 is 2.61 bits per heavy atom. The van der Waals surface area contributed by atoms with Gasteiger partial charge in [-0.1, -0.05) is 12.1 Å². The fraction of sp³-hybridized carbons (Fsp3) is 0.130. The first-order valence-corrected chi connectivity index (χ1v) is 11.0. The highest BCUT2D eigenvalue weighted by molar-refractivity contribution is 7.99. The Kier molecular flexibility index (Phi) is 5.37. The number of pyridine rings is 2. The zero-order valence-corrected chi connectivity index (χ0v) is 17.5. The first-order chi connectivity index (χ1) is 15.3. The van der Waals surface area contributed by atoms with Crippen LogP contribution in [0.1, 0.15) is 6.42 Å². The van der Waals surface area contributed by atoms with Gasteiger partial charge in [0.2, 0.25) is 0 Å². The Hall–Kier alpha value is -3.65. The molecule has 0 unspecified atom stereocenters. The second-order valence-electron chi connectivity index (χ2n) is 7.09. The Labute approximate surface area is 183 Å². The van der Waals surface area contributed by atoms with Crippen molar-refractivity contribution in [2.45, 2.75) is 18.0 Å². The molecule has 0 atom stereocenters. The van der Waals surface area contributed by atoms with Crippen LogP contribution in [0.3, 0.4) is 0 Å². The molecule has 1 aliphatic rings. The van der Waals surface area contributed by atoms with Crippen LogP contribution in [0.15, 0.2) is 78.3 Å². The smallest absolute Gasteiger partial charge is 0.308 e. The third-order valence-corrected chi connectivity index (χ3v) is 6.12. The molecule has 3 aromatic heterocycles. The number of fused-ring (bicyclic) bond motifs is 1. The monoisotopic (exact) mass is 428 g/mol. The highest BCUT2D eigenvalue weighted by Crippen LogP contribution is 2.41. The van der Waals surface area contributed by atoms with Crippen molar-refractivity contribution < 1.29 is 4.79 Å². The molecular formula is C23H20N6OS. The highest BCUT2D eigenvalue weighted by Gasteiger charge is 2.23. The Bertz CT molecular complexity index is 1210. The fourth-order valence-corrected chi connectivity index (χ4v) is 4.69. The minimum absolute atomic E-state index is 0.320. The highest BCUT2D eigenvalue weighted by atomic mass is 32.2. The van der Waals surface area contributed by atoms with Crippen molar-refractivity contribution in [1.29, 1.82) is 0 Å². The number of thioether (sulfide) groups is 1. The number of rotatable bonds is 4. The van der Waals surface area contributed by atoms with Gasteiger partial charge in [-0.15, -0.1) is 11.8 Å². The van der Waals surface area contributed by atoms with Crippen molar-refractivity contribution in [3.63, 3.8) is 0 Å². The maximum atomic E-state index is 12.4. The normalized spacial score (nSPS) is 12.8. The van der Waals surface area contributed by atoms with Crippen LogP contribution in [0.5, 0.6) is 0 Å². The van der Waals surface area contributed by atoms with Crippen molar-refractivity contribution in [3.05, 3.63) is 73.3 Å². The van der Waals surface area contributed by atoms with Crippen molar-refractivity contribution in [2.75, 3.05) is 16.4 Å². The SMILES string of the molecule is O=C(Nc1cccnc1)Nc1cccc(-c2nn3c(c2-c2ccncc2)SCCC3)c1. The van der Waals surface area contributed by atoms with E-state index in [-0.39, 0.29) is 6.03 Å². The molecule has 0 radical (unpaired) electrons. The Morgan fingerprint density at radius 1 is 0.935 bits per heavy atom. The van der Waals surface area contributed by atoms with Crippen LogP contribution < -0.4 is 10.6 Å². The molecule has 31 heavy (non-hydrogen) atoms. The number of hydrogen-bond acceptors (Lipinski definition) is 5. The van der Waals surface area contributed by atoms with Gasteiger partial charge in [0, 0.05) is 47.7 Å². The van der Waals surface area contributed by atoms with E-state index in [0.29, 0.717) is 11.4 Å². The van der Waals surface area contributed by atoms with Crippen molar-refractivity contribution in [3.8, 4) is 22.4 Å². The number of nitrogens with zero attached hydrogens (tertiary/aromatic N) is 4. The van der Waals surface area contributed by atoms with Crippen LogP contribution in [0, 0.1) is 0 Å². The summed E-state index contributed by atoms with van der Waals surface area (Å²) in [6.45, 7) is 0.909. The molecule has 154 valence electrons. The van der Waals surface area contributed by atoms with Crippen LogP contribution in [0.4, 0.5) is 16.2 Å². The predicted molar refractivity (Wildman–Crippen MR) is 123 cm³/mol. The zero-order chi connectivity index (χ0) is 21.0. The maximum absolute atomic E-state index is 12.4. The molecule has 8 heteroatoms. The number of carbonyl (C=O) groups is 1. The van der Waals surface area contributed by atoms with E-state index in [1.807, 2.05) is 48.2 Å². The quantitative estimate of drug-likeness (QED) is 0.470. The topological polar surface area (TPSA) is 84.7 Å². The second-order valence-corrected chi connectivity index (χ2v) is 8.18. The number of benzene rings is 1. The van der Waals surface area contributed by atoms with Crippen molar-refractivity contribution in [1.82, 2.24) is 19.7 Å². The summed E-state index contributed by atoms with van der Waals surface area (Å²) >= 11 is 1.84. The van der Waals surface area contributed by atoms with Gasteiger partial charge in [0.05, 0.1) is 11.9 Å². The molecule has 1 aliphatic heterocycles. The third-order valence-electron chi connectivity index (χ3n) is 4.94. The van der Waals surface area contributed by atoms with E-state index in [9.17, 15) is 4.79 Å². The number of anilines is 2. The van der Waals surface area contributed by atoms with E-state index in [1.165, 1.54) is 5.03 Å².